The summed E-state index contributed by atoms with van der Waals surface area (Å²) in [7, 11) is -3.94. The number of aliphatic carboxylic acids is 1. The molecule has 0 saturated carbocycles. The number of rotatable bonds is 8. The first kappa shape index (κ1) is 25.7. The van der Waals surface area contributed by atoms with Gasteiger partial charge in [0, 0.05) is 12.0 Å². The summed E-state index contributed by atoms with van der Waals surface area (Å²) in [4.78, 5) is 11.1. The minimum absolute atomic E-state index is 0.0281. The van der Waals surface area contributed by atoms with Gasteiger partial charge in [-0.3, -0.25) is 9.10 Å². The zero-order chi connectivity index (χ0) is 25.9. The molecule has 0 bridgehead atoms. The van der Waals surface area contributed by atoms with Crippen LogP contribution in [-0.2, 0) is 14.8 Å². The molecular weight excluding hydrogens is 505 g/mol. The quantitative estimate of drug-likeness (QED) is 0.353. The smallest absolute Gasteiger partial charge is 0.303 e. The van der Waals surface area contributed by atoms with E-state index < -0.39 is 27.9 Å². The molecule has 1 aliphatic heterocycles. The lowest BCUT2D eigenvalue weighted by molar-refractivity contribution is -0.137. The lowest BCUT2D eigenvalue weighted by Crippen LogP contribution is -2.43. The average Bonchev–Trinajstić information content (AvgIpc) is 2.83. The Hall–Kier alpha value is -3.36. The van der Waals surface area contributed by atoms with Crippen LogP contribution in [0.5, 0.6) is 5.75 Å². The number of carboxylic acid groups (broad SMARTS) is 1. The number of aryl methyl sites for hydroxylation is 1. The monoisotopic (exact) mass is 529 g/mol. The molecule has 3 aromatic carbocycles. The highest BCUT2D eigenvalue weighted by molar-refractivity contribution is 7.92. The molecule has 1 atom stereocenters. The van der Waals surface area contributed by atoms with Gasteiger partial charge in [0.25, 0.3) is 10.0 Å². The summed E-state index contributed by atoms with van der Waals surface area (Å²) >= 11 is 6.12. The first-order valence-corrected chi connectivity index (χ1v) is 13.2. The first-order chi connectivity index (χ1) is 17.1. The zero-order valence-electron chi connectivity index (χ0n) is 19.5. The molecule has 9 heteroatoms. The van der Waals surface area contributed by atoms with Crippen molar-refractivity contribution in [3.05, 3.63) is 88.2 Å². The third kappa shape index (κ3) is 5.71. The van der Waals surface area contributed by atoms with Gasteiger partial charge in [-0.25, -0.2) is 12.8 Å². The van der Waals surface area contributed by atoms with Crippen LogP contribution in [0.4, 0.5) is 10.1 Å². The molecule has 0 aliphatic carbocycles. The van der Waals surface area contributed by atoms with Crippen LogP contribution in [0, 0.1) is 12.7 Å². The van der Waals surface area contributed by atoms with E-state index in [0.29, 0.717) is 29.8 Å². The Morgan fingerprint density at radius 1 is 1.17 bits per heavy atom. The topological polar surface area (TPSA) is 83.9 Å². The van der Waals surface area contributed by atoms with Crippen LogP contribution in [0.2, 0.25) is 5.02 Å². The molecule has 1 heterocycles. The van der Waals surface area contributed by atoms with Crippen molar-refractivity contribution >= 4 is 45.4 Å². The van der Waals surface area contributed by atoms with E-state index in [1.807, 2.05) is 13.0 Å². The highest BCUT2D eigenvalue weighted by atomic mass is 35.5. The summed E-state index contributed by atoms with van der Waals surface area (Å²) in [6, 6.07) is 16.1. The lowest BCUT2D eigenvalue weighted by atomic mass is 10.1. The average molecular weight is 530 g/mol. The number of ether oxygens (including phenoxy) is 1. The Morgan fingerprint density at radius 2 is 1.94 bits per heavy atom. The van der Waals surface area contributed by atoms with E-state index >= 15 is 0 Å². The molecule has 36 heavy (non-hydrogen) atoms. The molecule has 3 aromatic rings. The molecule has 0 aromatic heterocycles. The normalized spacial score (nSPS) is 15.5. The summed E-state index contributed by atoms with van der Waals surface area (Å²) in [6.07, 6.45) is 3.41. The Kier molecular flexibility index (Phi) is 7.66. The second-order valence-electron chi connectivity index (χ2n) is 8.57. The van der Waals surface area contributed by atoms with Crippen LogP contribution < -0.4 is 9.04 Å². The van der Waals surface area contributed by atoms with Gasteiger partial charge < -0.3 is 9.84 Å². The summed E-state index contributed by atoms with van der Waals surface area (Å²) < 4.78 is 48.9. The number of nitrogens with zero attached hydrogens (tertiary/aromatic N) is 1. The van der Waals surface area contributed by atoms with Gasteiger partial charge in [-0.1, -0.05) is 41.9 Å². The molecular formula is C27H25ClFNO5S. The van der Waals surface area contributed by atoms with Crippen LogP contribution in [0.1, 0.15) is 36.0 Å². The summed E-state index contributed by atoms with van der Waals surface area (Å²) in [5, 5.41) is 9.23. The van der Waals surface area contributed by atoms with E-state index in [4.69, 9.17) is 21.4 Å². The zero-order valence-corrected chi connectivity index (χ0v) is 21.1. The number of hydrogen-bond donors (Lipinski definition) is 1. The van der Waals surface area contributed by atoms with Crippen molar-refractivity contribution in [2.75, 3.05) is 10.8 Å². The lowest BCUT2D eigenvalue weighted by Gasteiger charge is -2.35. The number of carboxylic acids is 1. The second kappa shape index (κ2) is 10.7. The Morgan fingerprint density at radius 3 is 2.67 bits per heavy atom. The molecule has 0 saturated heterocycles. The highest BCUT2D eigenvalue weighted by Crippen LogP contribution is 2.39. The van der Waals surface area contributed by atoms with Crippen molar-refractivity contribution in [3.8, 4) is 5.75 Å². The molecule has 4 rings (SSSR count). The molecule has 6 nitrogen and oxygen atoms in total. The first-order valence-electron chi connectivity index (χ1n) is 11.4. The van der Waals surface area contributed by atoms with Gasteiger partial charge in [-0.05, 0) is 73.4 Å². The number of anilines is 1. The number of sulfonamides is 1. The molecule has 188 valence electrons. The van der Waals surface area contributed by atoms with Crippen molar-refractivity contribution < 1.29 is 27.4 Å². The molecule has 1 aliphatic rings. The minimum Gasteiger partial charge on any atom is -0.486 e. The van der Waals surface area contributed by atoms with E-state index in [1.165, 1.54) is 22.5 Å². The van der Waals surface area contributed by atoms with Gasteiger partial charge in [0.15, 0.2) is 0 Å². The van der Waals surface area contributed by atoms with Crippen molar-refractivity contribution in [1.29, 1.82) is 0 Å². The van der Waals surface area contributed by atoms with Crippen LogP contribution in [0.3, 0.4) is 0 Å². The minimum atomic E-state index is -3.94. The van der Waals surface area contributed by atoms with E-state index in [2.05, 4.69) is 0 Å². The fraction of sp³-hybridized carbons (Fsp3) is 0.222. The van der Waals surface area contributed by atoms with Crippen molar-refractivity contribution in [1.82, 2.24) is 0 Å². The number of hydrogen-bond acceptors (Lipinski definition) is 4. The van der Waals surface area contributed by atoms with Gasteiger partial charge in [-0.15, -0.1) is 0 Å². The van der Waals surface area contributed by atoms with Gasteiger partial charge in [-0.2, -0.15) is 0 Å². The Bertz CT molecular complexity index is 1400. The maximum Gasteiger partial charge on any atom is 0.303 e. The van der Waals surface area contributed by atoms with Crippen LogP contribution >= 0.6 is 11.6 Å². The van der Waals surface area contributed by atoms with E-state index in [1.54, 1.807) is 48.5 Å². The van der Waals surface area contributed by atoms with Gasteiger partial charge in [0.2, 0.25) is 0 Å². The predicted octanol–water partition coefficient (Wildman–Crippen LogP) is 6.17. The number of fused-ring (bicyclic) bond motifs is 1. The molecule has 1 N–H and O–H groups in total. The fourth-order valence-corrected chi connectivity index (χ4v) is 5.87. The molecule has 0 spiro atoms. The number of halogens is 2. The SMILES string of the molecule is Cc1cccc(S(=O)(=O)N2C[C@H](CCCC(=O)O)Oc3ccc(/C=C/c4c(F)cccc4Cl)cc32)c1. The fourth-order valence-electron chi connectivity index (χ4n) is 4.04. The Balaban J connectivity index is 1.72. The van der Waals surface area contributed by atoms with E-state index in [0.717, 1.165) is 5.56 Å². The standard InChI is InChI=1S/C27H25ClFNO5S/c1-18-5-2-7-21(15-18)36(33,34)30-17-20(6-3-10-27(31)32)35-26-14-12-19(16-25(26)30)11-13-22-23(28)8-4-9-24(22)29/h2,4-5,7-9,11-16,20H,3,6,10,17H2,1H3,(H,31,32)/b13-11+/t20-/m0/s1. The van der Waals surface area contributed by atoms with Crippen LogP contribution in [-0.4, -0.2) is 32.1 Å². The van der Waals surface area contributed by atoms with Gasteiger partial charge in [0.05, 0.1) is 22.2 Å². The third-order valence-corrected chi connectivity index (χ3v) is 7.96. The van der Waals surface area contributed by atoms with E-state index in [-0.39, 0.29) is 28.4 Å². The highest BCUT2D eigenvalue weighted by Gasteiger charge is 2.34. The van der Waals surface area contributed by atoms with Crippen LogP contribution in [0.25, 0.3) is 12.2 Å². The largest absolute Gasteiger partial charge is 0.486 e. The summed E-state index contributed by atoms with van der Waals surface area (Å²) in [6.45, 7) is 1.85. The molecule has 0 unspecified atom stereocenters. The number of carbonyl (C=O) groups is 1. The number of benzene rings is 3. The maximum atomic E-state index is 14.2. The maximum absolute atomic E-state index is 14.2. The summed E-state index contributed by atoms with van der Waals surface area (Å²) in [5.41, 5.74) is 2.02. The van der Waals surface area contributed by atoms with Crippen molar-refractivity contribution in [2.24, 2.45) is 0 Å². The van der Waals surface area contributed by atoms with Gasteiger partial charge in [0.1, 0.15) is 17.7 Å². The van der Waals surface area contributed by atoms with Gasteiger partial charge >= 0.3 is 5.97 Å². The molecule has 0 radical (unpaired) electrons. The van der Waals surface area contributed by atoms with E-state index in [9.17, 15) is 17.6 Å². The second-order valence-corrected chi connectivity index (χ2v) is 10.8. The Labute approximate surface area is 214 Å². The van der Waals surface area contributed by atoms with Crippen molar-refractivity contribution in [3.63, 3.8) is 0 Å². The van der Waals surface area contributed by atoms with Crippen LogP contribution in [0.15, 0.2) is 65.6 Å². The third-order valence-electron chi connectivity index (χ3n) is 5.85. The predicted molar refractivity (Wildman–Crippen MR) is 138 cm³/mol. The molecule has 0 fully saturated rings. The summed E-state index contributed by atoms with van der Waals surface area (Å²) in [5.74, 6) is -1.01. The van der Waals surface area contributed by atoms with Crippen molar-refractivity contribution in [2.45, 2.75) is 37.2 Å². The molecule has 0 amide bonds.